The summed E-state index contributed by atoms with van der Waals surface area (Å²) in [5.74, 6) is 0. The fourth-order valence-corrected chi connectivity index (χ4v) is 3.42. The molecule has 150 valence electrons. The second kappa shape index (κ2) is 11.0. The summed E-state index contributed by atoms with van der Waals surface area (Å²) in [4.78, 5) is 2.00. The molecule has 4 unspecified atom stereocenters. The molecule has 0 saturated heterocycles. The normalized spacial score (nSPS) is 16.5. The van der Waals surface area contributed by atoms with E-state index in [2.05, 4.69) is 0 Å². The lowest BCUT2D eigenvalue weighted by Gasteiger charge is -2.27. The van der Waals surface area contributed by atoms with Crippen molar-refractivity contribution >= 4 is 0 Å². The maximum atomic E-state index is 9.84. The summed E-state index contributed by atoms with van der Waals surface area (Å²) in [5, 5.41) is 39.2. The minimum absolute atomic E-state index is 0.351. The van der Waals surface area contributed by atoms with Gasteiger partial charge in [-0.1, -0.05) is 12.1 Å². The highest BCUT2D eigenvalue weighted by atomic mass is 16.3. The summed E-state index contributed by atoms with van der Waals surface area (Å²) >= 11 is 0. The average molecular weight is 369 g/mol. The zero-order valence-electron chi connectivity index (χ0n) is 16.5. The predicted octanol–water partition coefficient (Wildman–Crippen LogP) is 0.556. The molecule has 1 rings (SSSR count). The van der Waals surface area contributed by atoms with Crippen LogP contribution in [0.15, 0.2) is 12.1 Å². The van der Waals surface area contributed by atoms with Crippen LogP contribution in [0.1, 0.15) is 49.9 Å². The van der Waals surface area contributed by atoms with E-state index in [1.165, 1.54) is 0 Å². The van der Waals surface area contributed by atoms with Crippen molar-refractivity contribution in [2.24, 2.45) is 5.73 Å². The van der Waals surface area contributed by atoms with E-state index >= 15 is 0 Å². The van der Waals surface area contributed by atoms with Gasteiger partial charge in [-0.05, 0) is 62.8 Å². The Kier molecular flexibility index (Phi) is 9.71. The van der Waals surface area contributed by atoms with Gasteiger partial charge in [0.05, 0.1) is 24.4 Å². The number of hydrogen-bond donors (Lipinski definition) is 5. The van der Waals surface area contributed by atoms with Crippen LogP contribution in [0.3, 0.4) is 0 Å². The zero-order chi connectivity index (χ0) is 19.9. The molecule has 0 saturated carbocycles. The molecular weight excluding hydrogens is 332 g/mol. The van der Waals surface area contributed by atoms with Crippen LogP contribution in [-0.2, 0) is 25.9 Å². The molecule has 26 heavy (non-hydrogen) atoms. The highest BCUT2D eigenvalue weighted by molar-refractivity contribution is 5.40. The topological polar surface area (TPSA) is 110 Å². The molecule has 0 amide bonds. The lowest BCUT2D eigenvalue weighted by Crippen LogP contribution is -2.36. The molecule has 4 atom stereocenters. The number of nitrogens with two attached hydrogens (primary N) is 1. The van der Waals surface area contributed by atoms with Crippen LogP contribution in [0.4, 0.5) is 0 Å². The summed E-state index contributed by atoms with van der Waals surface area (Å²) in [7, 11) is 0. The number of aliphatic hydroxyl groups is 4. The number of benzene rings is 1. The summed E-state index contributed by atoms with van der Waals surface area (Å²) in [5.41, 5.74) is 10.00. The van der Waals surface area contributed by atoms with Gasteiger partial charge in [-0.2, -0.15) is 0 Å². The van der Waals surface area contributed by atoms with E-state index in [1.54, 1.807) is 27.7 Å². The first-order valence-electron chi connectivity index (χ1n) is 9.40. The number of nitrogens with zero attached hydrogens (tertiary/aromatic N) is 1. The first-order chi connectivity index (χ1) is 12.1. The van der Waals surface area contributed by atoms with Crippen molar-refractivity contribution < 1.29 is 20.4 Å². The zero-order valence-corrected chi connectivity index (χ0v) is 16.5. The molecule has 1 aromatic rings. The molecule has 1 aromatic carbocycles. The van der Waals surface area contributed by atoms with Crippen LogP contribution in [-0.4, -0.2) is 62.8 Å². The van der Waals surface area contributed by atoms with Gasteiger partial charge in [0.15, 0.2) is 0 Å². The smallest absolute Gasteiger partial charge is 0.0639 e. The van der Waals surface area contributed by atoms with E-state index in [0.717, 1.165) is 22.3 Å². The number of rotatable bonds is 11. The molecular formula is C20H36N2O4. The lowest BCUT2D eigenvalue weighted by atomic mass is 9.92. The first-order valence-corrected chi connectivity index (χ1v) is 9.40. The molecule has 0 aliphatic rings. The third-order valence-electron chi connectivity index (χ3n) is 4.18. The van der Waals surface area contributed by atoms with E-state index in [9.17, 15) is 20.4 Å². The quantitative estimate of drug-likeness (QED) is 0.390. The van der Waals surface area contributed by atoms with E-state index in [0.29, 0.717) is 39.0 Å². The fraction of sp³-hybridized carbons (Fsp3) is 0.700. The van der Waals surface area contributed by atoms with Crippen molar-refractivity contribution in [2.45, 2.75) is 78.0 Å². The van der Waals surface area contributed by atoms with Crippen LogP contribution in [0.25, 0.3) is 0 Å². The van der Waals surface area contributed by atoms with Crippen molar-refractivity contribution in [2.75, 3.05) is 13.1 Å². The van der Waals surface area contributed by atoms with Gasteiger partial charge < -0.3 is 26.2 Å². The summed E-state index contributed by atoms with van der Waals surface area (Å²) in [6.07, 6.45) is -0.935. The summed E-state index contributed by atoms with van der Waals surface area (Å²) in [6, 6.07) is 4.05. The highest BCUT2D eigenvalue weighted by Gasteiger charge is 2.17. The van der Waals surface area contributed by atoms with Crippen molar-refractivity contribution in [1.29, 1.82) is 0 Å². The standard InChI is InChI=1S/C20H36N2O4/c1-13(23)5-17-7-18(6-14(2)24)20(9-21)19(8-17)12-22(10-15(3)25)11-16(4)26/h7-8,13-16,23-26H,5-6,9-12,21H2,1-4H3. The summed E-state index contributed by atoms with van der Waals surface area (Å²) in [6.45, 7) is 8.73. The largest absolute Gasteiger partial charge is 0.393 e. The van der Waals surface area contributed by atoms with Gasteiger partial charge in [0.25, 0.3) is 0 Å². The Morgan fingerprint density at radius 1 is 0.808 bits per heavy atom. The Morgan fingerprint density at radius 3 is 1.73 bits per heavy atom. The Bertz CT molecular complexity index is 535. The minimum Gasteiger partial charge on any atom is -0.393 e. The molecule has 0 bridgehead atoms. The molecule has 0 aliphatic heterocycles. The fourth-order valence-electron chi connectivity index (χ4n) is 3.42. The maximum Gasteiger partial charge on any atom is 0.0639 e. The lowest BCUT2D eigenvalue weighted by molar-refractivity contribution is 0.0792. The minimum atomic E-state index is -0.507. The monoisotopic (exact) mass is 368 g/mol. The number of aliphatic hydroxyl groups excluding tert-OH is 4. The Morgan fingerprint density at radius 2 is 1.31 bits per heavy atom. The van der Waals surface area contributed by atoms with Gasteiger partial charge in [0.1, 0.15) is 0 Å². The van der Waals surface area contributed by atoms with E-state index in [4.69, 9.17) is 5.73 Å². The van der Waals surface area contributed by atoms with Gasteiger partial charge in [-0.15, -0.1) is 0 Å². The SMILES string of the molecule is CC(O)Cc1cc(CC(C)O)c(CN)c(CN(CC(C)O)CC(C)O)c1. The van der Waals surface area contributed by atoms with Gasteiger partial charge in [-0.25, -0.2) is 0 Å². The van der Waals surface area contributed by atoms with Crippen LogP contribution >= 0.6 is 0 Å². The van der Waals surface area contributed by atoms with Gasteiger partial charge in [-0.3, -0.25) is 4.90 Å². The first kappa shape index (κ1) is 23.0. The molecule has 0 heterocycles. The van der Waals surface area contributed by atoms with Crippen molar-refractivity contribution in [3.05, 3.63) is 34.4 Å². The third kappa shape index (κ3) is 8.12. The summed E-state index contributed by atoms with van der Waals surface area (Å²) < 4.78 is 0. The van der Waals surface area contributed by atoms with Crippen molar-refractivity contribution in [3.63, 3.8) is 0 Å². The maximum absolute atomic E-state index is 9.84. The molecule has 0 fully saturated rings. The predicted molar refractivity (Wildman–Crippen MR) is 104 cm³/mol. The molecule has 6 N–H and O–H groups in total. The Hall–Kier alpha value is -1.02. The van der Waals surface area contributed by atoms with Crippen LogP contribution in [0.5, 0.6) is 0 Å². The van der Waals surface area contributed by atoms with Gasteiger partial charge in [0, 0.05) is 26.2 Å². The molecule has 6 nitrogen and oxygen atoms in total. The Labute approximate surface area is 157 Å². The van der Waals surface area contributed by atoms with Crippen LogP contribution in [0, 0.1) is 0 Å². The van der Waals surface area contributed by atoms with Crippen LogP contribution < -0.4 is 5.73 Å². The van der Waals surface area contributed by atoms with E-state index in [1.807, 2.05) is 17.0 Å². The van der Waals surface area contributed by atoms with E-state index in [-0.39, 0.29) is 0 Å². The molecule has 0 spiro atoms. The van der Waals surface area contributed by atoms with Gasteiger partial charge >= 0.3 is 0 Å². The van der Waals surface area contributed by atoms with E-state index < -0.39 is 24.4 Å². The third-order valence-corrected chi connectivity index (χ3v) is 4.18. The molecule has 0 aromatic heterocycles. The molecule has 0 radical (unpaired) electrons. The van der Waals surface area contributed by atoms with Crippen LogP contribution in [0.2, 0.25) is 0 Å². The molecule has 0 aliphatic carbocycles. The Balaban J connectivity index is 3.25. The second-order valence-corrected chi connectivity index (χ2v) is 7.60. The van der Waals surface area contributed by atoms with Gasteiger partial charge in [0.2, 0.25) is 0 Å². The average Bonchev–Trinajstić information content (AvgIpc) is 2.44. The molecule has 6 heteroatoms. The van der Waals surface area contributed by atoms with Crippen molar-refractivity contribution in [1.82, 2.24) is 4.90 Å². The van der Waals surface area contributed by atoms with Crippen molar-refractivity contribution in [3.8, 4) is 0 Å². The highest BCUT2D eigenvalue weighted by Crippen LogP contribution is 2.22. The second-order valence-electron chi connectivity index (χ2n) is 7.60. The number of hydrogen-bond acceptors (Lipinski definition) is 6.